The maximum atomic E-state index is 13.1. The first kappa shape index (κ1) is 18.6. The van der Waals surface area contributed by atoms with E-state index in [2.05, 4.69) is 10.3 Å². The van der Waals surface area contributed by atoms with E-state index < -0.39 is 22.9 Å². The van der Waals surface area contributed by atoms with Crippen LogP contribution in [0.2, 0.25) is 5.02 Å². The van der Waals surface area contributed by atoms with E-state index in [1.807, 2.05) is 0 Å². The minimum absolute atomic E-state index is 0.0655. The normalized spacial score (nSPS) is 13.0. The molecule has 0 saturated carbocycles. The second-order valence-corrected chi connectivity index (χ2v) is 7.11. The Balaban J connectivity index is 1.75. The third-order valence-electron chi connectivity index (χ3n) is 3.47. The fraction of sp³-hybridized carbons (Fsp3) is 0.176. The molecule has 0 aliphatic rings. The summed E-state index contributed by atoms with van der Waals surface area (Å²) in [5, 5.41) is 1.77. The van der Waals surface area contributed by atoms with E-state index in [1.165, 1.54) is 6.07 Å². The van der Waals surface area contributed by atoms with E-state index in [0.717, 1.165) is 23.9 Å². The second-order valence-electron chi connectivity index (χ2n) is 5.38. The Kier molecular flexibility index (Phi) is 5.15. The number of carbonyl (C=O) groups excluding carboxylic acids is 1. The number of rotatable bonds is 4. The van der Waals surface area contributed by atoms with Crippen molar-refractivity contribution in [2.75, 3.05) is 5.32 Å². The summed E-state index contributed by atoms with van der Waals surface area (Å²) in [4.78, 5) is 16.5. The number of benzene rings is 2. The van der Waals surface area contributed by atoms with Crippen LogP contribution in [0.25, 0.3) is 11.1 Å². The standard InChI is InChI=1S/C17H12ClF3N2O2S/c1-9(26-16-23-13-4-2-3-5-14(13)25-16)15(24)22-12-7-6-10(18)8-11(12)17(19,20)21/h2-9H,1H3,(H,22,24). The molecular weight excluding hydrogens is 389 g/mol. The highest BCUT2D eigenvalue weighted by molar-refractivity contribution is 8.00. The van der Waals surface area contributed by atoms with Crippen LogP contribution in [-0.2, 0) is 11.0 Å². The number of nitrogens with one attached hydrogen (secondary N) is 1. The van der Waals surface area contributed by atoms with E-state index in [1.54, 1.807) is 31.2 Å². The summed E-state index contributed by atoms with van der Waals surface area (Å²) < 4.78 is 44.8. The molecule has 0 saturated heterocycles. The Morgan fingerprint density at radius 1 is 1.27 bits per heavy atom. The average molecular weight is 401 g/mol. The molecule has 9 heteroatoms. The number of oxazole rings is 1. The Bertz CT molecular complexity index is 926. The number of amides is 1. The van der Waals surface area contributed by atoms with Crippen LogP contribution >= 0.6 is 23.4 Å². The van der Waals surface area contributed by atoms with E-state index in [0.29, 0.717) is 11.1 Å². The van der Waals surface area contributed by atoms with Gasteiger partial charge in [0, 0.05) is 5.02 Å². The fourth-order valence-corrected chi connectivity index (χ4v) is 3.13. The van der Waals surface area contributed by atoms with E-state index in [9.17, 15) is 18.0 Å². The molecule has 4 nitrogen and oxygen atoms in total. The molecule has 3 aromatic rings. The minimum atomic E-state index is -4.63. The summed E-state index contributed by atoms with van der Waals surface area (Å²) in [7, 11) is 0. The maximum absolute atomic E-state index is 13.1. The van der Waals surface area contributed by atoms with E-state index in [-0.39, 0.29) is 15.9 Å². The van der Waals surface area contributed by atoms with Gasteiger partial charge >= 0.3 is 6.18 Å². The van der Waals surface area contributed by atoms with Gasteiger partial charge in [0.15, 0.2) is 5.58 Å². The van der Waals surface area contributed by atoms with Crippen molar-refractivity contribution < 1.29 is 22.4 Å². The number of fused-ring (bicyclic) bond motifs is 1. The van der Waals surface area contributed by atoms with Crippen molar-refractivity contribution >= 4 is 46.1 Å². The van der Waals surface area contributed by atoms with Crippen molar-refractivity contribution in [3.8, 4) is 0 Å². The second kappa shape index (κ2) is 7.20. The van der Waals surface area contributed by atoms with Crippen LogP contribution in [0.15, 0.2) is 52.1 Å². The van der Waals surface area contributed by atoms with Gasteiger partial charge in [-0.2, -0.15) is 13.2 Å². The van der Waals surface area contributed by atoms with Gasteiger partial charge in [0.1, 0.15) is 5.52 Å². The van der Waals surface area contributed by atoms with Crippen LogP contribution in [0.3, 0.4) is 0 Å². The molecule has 0 radical (unpaired) electrons. The van der Waals surface area contributed by atoms with Gasteiger partial charge in [-0.05, 0) is 37.3 Å². The molecule has 26 heavy (non-hydrogen) atoms. The lowest BCUT2D eigenvalue weighted by molar-refractivity contribution is -0.137. The predicted molar refractivity (Wildman–Crippen MR) is 94.4 cm³/mol. The number of anilines is 1. The van der Waals surface area contributed by atoms with Gasteiger partial charge in [-0.1, -0.05) is 35.5 Å². The number of nitrogens with zero attached hydrogens (tertiary/aromatic N) is 1. The van der Waals surface area contributed by atoms with Gasteiger partial charge < -0.3 is 9.73 Å². The summed E-state index contributed by atoms with van der Waals surface area (Å²) in [5.41, 5.74) is -0.145. The monoisotopic (exact) mass is 400 g/mol. The summed E-state index contributed by atoms with van der Waals surface area (Å²) >= 11 is 6.65. The summed E-state index contributed by atoms with van der Waals surface area (Å²) in [6, 6.07) is 10.3. The van der Waals surface area contributed by atoms with Crippen LogP contribution in [0.4, 0.5) is 18.9 Å². The van der Waals surface area contributed by atoms with Gasteiger partial charge in [-0.15, -0.1) is 0 Å². The Morgan fingerprint density at radius 2 is 2.00 bits per heavy atom. The Morgan fingerprint density at radius 3 is 2.69 bits per heavy atom. The van der Waals surface area contributed by atoms with Gasteiger partial charge in [0.05, 0.1) is 16.5 Å². The van der Waals surface area contributed by atoms with E-state index in [4.69, 9.17) is 16.0 Å². The van der Waals surface area contributed by atoms with Crippen LogP contribution in [-0.4, -0.2) is 16.1 Å². The zero-order valence-corrected chi connectivity index (χ0v) is 14.9. The van der Waals surface area contributed by atoms with Crippen molar-refractivity contribution in [3.05, 3.63) is 53.1 Å². The molecule has 0 aliphatic carbocycles. The highest BCUT2D eigenvalue weighted by atomic mass is 35.5. The molecule has 0 spiro atoms. The smallest absolute Gasteiger partial charge is 0.418 e. The highest BCUT2D eigenvalue weighted by Crippen LogP contribution is 2.37. The van der Waals surface area contributed by atoms with Crippen LogP contribution in [0.5, 0.6) is 0 Å². The fourth-order valence-electron chi connectivity index (χ4n) is 2.20. The Hall–Kier alpha value is -2.19. The third-order valence-corrected chi connectivity index (χ3v) is 4.64. The molecule has 136 valence electrons. The predicted octanol–water partition coefficient (Wildman–Crippen LogP) is 5.62. The topological polar surface area (TPSA) is 55.1 Å². The van der Waals surface area contributed by atoms with Crippen molar-refractivity contribution in [1.29, 1.82) is 0 Å². The van der Waals surface area contributed by atoms with Crippen LogP contribution in [0, 0.1) is 0 Å². The maximum Gasteiger partial charge on any atom is 0.418 e. The Labute approximate surface area is 155 Å². The molecule has 1 aromatic heterocycles. The molecule has 1 atom stereocenters. The number of para-hydroxylation sites is 2. The van der Waals surface area contributed by atoms with Gasteiger partial charge in [0.25, 0.3) is 5.22 Å². The molecule has 1 N–H and O–H groups in total. The lowest BCUT2D eigenvalue weighted by Gasteiger charge is -2.16. The summed E-state index contributed by atoms with van der Waals surface area (Å²) in [6.07, 6.45) is -4.63. The average Bonchev–Trinajstić information content (AvgIpc) is 2.97. The molecular formula is C17H12ClF3N2O2S. The quantitative estimate of drug-likeness (QED) is 0.577. The SMILES string of the molecule is CC(Sc1nc2ccccc2o1)C(=O)Nc1ccc(Cl)cc1C(F)(F)F. The molecule has 2 aromatic carbocycles. The number of carbonyl (C=O) groups is 1. The highest BCUT2D eigenvalue weighted by Gasteiger charge is 2.34. The van der Waals surface area contributed by atoms with Crippen molar-refractivity contribution in [2.24, 2.45) is 0 Å². The zero-order chi connectivity index (χ0) is 18.9. The van der Waals surface area contributed by atoms with E-state index >= 15 is 0 Å². The zero-order valence-electron chi connectivity index (χ0n) is 13.3. The van der Waals surface area contributed by atoms with Crippen LogP contribution in [0.1, 0.15) is 12.5 Å². The molecule has 0 fully saturated rings. The largest absolute Gasteiger partial charge is 0.431 e. The van der Waals surface area contributed by atoms with Crippen LogP contribution < -0.4 is 5.32 Å². The molecule has 1 unspecified atom stereocenters. The first-order valence-electron chi connectivity index (χ1n) is 7.44. The number of halogens is 4. The molecule has 1 amide bonds. The van der Waals surface area contributed by atoms with Crippen molar-refractivity contribution in [2.45, 2.75) is 23.6 Å². The number of hydrogen-bond donors (Lipinski definition) is 1. The number of aromatic nitrogens is 1. The minimum Gasteiger partial charge on any atom is -0.431 e. The third kappa shape index (κ3) is 4.13. The number of thioether (sulfide) groups is 1. The van der Waals surface area contributed by atoms with Gasteiger partial charge in [-0.3, -0.25) is 4.79 Å². The summed E-state index contributed by atoms with van der Waals surface area (Å²) in [5.74, 6) is -0.606. The first-order valence-corrected chi connectivity index (χ1v) is 8.69. The number of alkyl halides is 3. The molecule has 1 heterocycles. The summed E-state index contributed by atoms with van der Waals surface area (Å²) in [6.45, 7) is 1.55. The first-order chi connectivity index (χ1) is 12.2. The lowest BCUT2D eigenvalue weighted by Crippen LogP contribution is -2.24. The molecule has 3 rings (SSSR count). The number of hydrogen-bond acceptors (Lipinski definition) is 4. The van der Waals surface area contributed by atoms with Gasteiger partial charge in [-0.25, -0.2) is 4.98 Å². The molecule has 0 bridgehead atoms. The van der Waals surface area contributed by atoms with Crippen molar-refractivity contribution in [1.82, 2.24) is 4.98 Å². The lowest BCUT2D eigenvalue weighted by atomic mass is 10.1. The van der Waals surface area contributed by atoms with Gasteiger partial charge in [0.2, 0.25) is 5.91 Å². The molecule has 0 aliphatic heterocycles. The van der Waals surface area contributed by atoms with Crippen molar-refractivity contribution in [3.63, 3.8) is 0 Å².